The van der Waals surface area contributed by atoms with Gasteiger partial charge < -0.3 is 20.1 Å². The fraction of sp³-hybridized carbons (Fsp3) is 0.300. The van der Waals surface area contributed by atoms with E-state index in [1.807, 2.05) is 0 Å². The maximum Gasteiger partial charge on any atom is 0.259 e. The average Bonchev–Trinajstić information content (AvgIpc) is 2.75. The van der Waals surface area contributed by atoms with Crippen LogP contribution in [0.4, 0.5) is 11.4 Å². The van der Waals surface area contributed by atoms with Gasteiger partial charge in [-0.1, -0.05) is 11.6 Å². The molecule has 1 heterocycles. The van der Waals surface area contributed by atoms with Gasteiger partial charge in [0.25, 0.3) is 5.91 Å². The second kappa shape index (κ2) is 9.65. The van der Waals surface area contributed by atoms with Crippen molar-refractivity contribution in [2.24, 2.45) is 0 Å². The molecule has 0 unspecified atom stereocenters. The van der Waals surface area contributed by atoms with E-state index >= 15 is 0 Å². The van der Waals surface area contributed by atoms with E-state index in [1.54, 1.807) is 6.07 Å². The third-order valence-electron chi connectivity index (χ3n) is 4.56. The zero-order chi connectivity index (χ0) is 22.6. The normalized spacial score (nSPS) is 14.7. The van der Waals surface area contributed by atoms with Crippen LogP contribution in [0.1, 0.15) is 17.3 Å². The molecule has 9 nitrogen and oxygen atoms in total. The number of sulfonamides is 1. The average molecular weight is 468 g/mol. The molecule has 2 aromatic carbocycles. The van der Waals surface area contributed by atoms with E-state index in [4.69, 9.17) is 21.1 Å². The van der Waals surface area contributed by atoms with Gasteiger partial charge in [0.2, 0.25) is 15.9 Å². The summed E-state index contributed by atoms with van der Waals surface area (Å²) in [5.74, 6) is -0.634. The lowest BCUT2D eigenvalue weighted by Crippen LogP contribution is -2.40. The maximum atomic E-state index is 12.9. The number of halogens is 1. The highest BCUT2D eigenvalue weighted by Gasteiger charge is 2.28. The van der Waals surface area contributed by atoms with Crippen LogP contribution >= 0.6 is 11.6 Å². The number of benzene rings is 2. The Morgan fingerprint density at radius 1 is 1.10 bits per heavy atom. The third kappa shape index (κ3) is 5.34. The molecule has 0 spiro atoms. The minimum atomic E-state index is -3.79. The second-order valence-electron chi connectivity index (χ2n) is 6.71. The lowest BCUT2D eigenvalue weighted by atomic mass is 10.1. The topological polar surface area (TPSA) is 114 Å². The van der Waals surface area contributed by atoms with Crippen LogP contribution in [0, 0.1) is 0 Å². The molecule has 0 aromatic heterocycles. The quantitative estimate of drug-likeness (QED) is 0.675. The molecular weight excluding hydrogens is 446 g/mol. The lowest BCUT2D eigenvalue weighted by Gasteiger charge is -2.26. The predicted molar refractivity (Wildman–Crippen MR) is 116 cm³/mol. The minimum absolute atomic E-state index is 0.0209. The van der Waals surface area contributed by atoms with E-state index in [0.717, 1.165) is 0 Å². The summed E-state index contributed by atoms with van der Waals surface area (Å²) in [7, 11) is -2.40. The van der Waals surface area contributed by atoms with Crippen molar-refractivity contribution in [2.45, 2.75) is 11.8 Å². The van der Waals surface area contributed by atoms with E-state index in [1.165, 1.54) is 48.7 Å². The second-order valence-corrected chi connectivity index (χ2v) is 9.05. The number of methoxy groups -OCH3 is 1. The minimum Gasteiger partial charge on any atom is -0.496 e. The molecular formula is C20H22ClN3O6S. The Labute approximate surface area is 185 Å². The molecule has 31 heavy (non-hydrogen) atoms. The van der Waals surface area contributed by atoms with Gasteiger partial charge in [0.1, 0.15) is 5.75 Å². The zero-order valence-corrected chi connectivity index (χ0v) is 18.5. The summed E-state index contributed by atoms with van der Waals surface area (Å²) in [5.41, 5.74) is 0.815. The number of hydrogen-bond acceptors (Lipinski definition) is 6. The Kier molecular flexibility index (Phi) is 7.16. The van der Waals surface area contributed by atoms with E-state index in [9.17, 15) is 18.0 Å². The molecule has 2 N–H and O–H groups in total. The van der Waals surface area contributed by atoms with Crippen LogP contribution in [0.5, 0.6) is 5.75 Å². The van der Waals surface area contributed by atoms with Crippen molar-refractivity contribution < 1.29 is 27.5 Å². The molecule has 166 valence electrons. The van der Waals surface area contributed by atoms with Crippen molar-refractivity contribution in [1.82, 2.24) is 4.31 Å². The number of anilines is 2. The summed E-state index contributed by atoms with van der Waals surface area (Å²) in [5, 5.41) is 5.45. The number of rotatable bonds is 6. The van der Waals surface area contributed by atoms with E-state index in [-0.39, 0.29) is 40.2 Å². The van der Waals surface area contributed by atoms with Crippen molar-refractivity contribution >= 4 is 44.8 Å². The van der Waals surface area contributed by atoms with Crippen LogP contribution < -0.4 is 15.4 Å². The highest BCUT2D eigenvalue weighted by atomic mass is 35.5. The van der Waals surface area contributed by atoms with E-state index in [0.29, 0.717) is 24.6 Å². The number of nitrogens with zero attached hydrogens (tertiary/aromatic N) is 1. The number of carbonyl (C=O) groups excluding carboxylic acids is 2. The van der Waals surface area contributed by atoms with E-state index < -0.39 is 15.9 Å². The molecule has 2 amide bonds. The van der Waals surface area contributed by atoms with Gasteiger partial charge in [0, 0.05) is 25.7 Å². The summed E-state index contributed by atoms with van der Waals surface area (Å²) in [6.07, 6.45) is 0. The van der Waals surface area contributed by atoms with Crippen LogP contribution in [0.3, 0.4) is 0 Å². The Bertz CT molecular complexity index is 1100. The Morgan fingerprint density at radius 2 is 1.81 bits per heavy atom. The van der Waals surface area contributed by atoms with Gasteiger partial charge in [0.15, 0.2) is 0 Å². The van der Waals surface area contributed by atoms with Crippen LogP contribution in [0.2, 0.25) is 5.02 Å². The molecule has 1 aliphatic rings. The number of nitrogens with one attached hydrogen (secondary N) is 2. The van der Waals surface area contributed by atoms with Crippen molar-refractivity contribution in [1.29, 1.82) is 0 Å². The van der Waals surface area contributed by atoms with Gasteiger partial charge >= 0.3 is 0 Å². The summed E-state index contributed by atoms with van der Waals surface area (Å²) < 4.78 is 37.7. The van der Waals surface area contributed by atoms with Gasteiger partial charge in [-0.15, -0.1) is 0 Å². The van der Waals surface area contributed by atoms with Gasteiger partial charge in [-0.05, 0) is 36.4 Å². The monoisotopic (exact) mass is 467 g/mol. The van der Waals surface area contributed by atoms with Crippen LogP contribution in [0.15, 0.2) is 41.3 Å². The van der Waals surface area contributed by atoms with Gasteiger partial charge in [-0.3, -0.25) is 9.59 Å². The summed E-state index contributed by atoms with van der Waals surface area (Å²) >= 11 is 6.21. The summed E-state index contributed by atoms with van der Waals surface area (Å²) in [4.78, 5) is 24.1. The molecule has 0 atom stereocenters. The fourth-order valence-corrected chi connectivity index (χ4v) is 4.71. The Hall–Kier alpha value is -2.66. The van der Waals surface area contributed by atoms with Crippen LogP contribution in [-0.2, 0) is 19.6 Å². The number of morpholine rings is 1. The Morgan fingerprint density at radius 3 is 2.42 bits per heavy atom. The molecule has 1 saturated heterocycles. The van der Waals surface area contributed by atoms with Crippen molar-refractivity contribution in [3.05, 3.63) is 47.0 Å². The first-order valence-corrected chi connectivity index (χ1v) is 11.2. The van der Waals surface area contributed by atoms with Crippen molar-refractivity contribution in [3.63, 3.8) is 0 Å². The fourth-order valence-electron chi connectivity index (χ4n) is 3.05. The first-order valence-electron chi connectivity index (χ1n) is 9.37. The molecule has 2 aromatic rings. The third-order valence-corrected chi connectivity index (χ3v) is 6.77. The standard InChI is InChI=1S/C20H22ClN3O6S/c1-13(25)22-14-3-5-18(17(21)11-14)23-20(26)16-12-15(4-6-19(16)29-2)31(27,28)24-7-9-30-10-8-24/h3-6,11-12H,7-10H2,1-2H3,(H,22,25)(H,23,26). The lowest BCUT2D eigenvalue weighted by molar-refractivity contribution is -0.114. The molecule has 3 rings (SSSR count). The van der Waals surface area contributed by atoms with Gasteiger partial charge in [-0.25, -0.2) is 8.42 Å². The Balaban J connectivity index is 1.88. The largest absolute Gasteiger partial charge is 0.496 e. The molecule has 0 saturated carbocycles. The first-order chi connectivity index (χ1) is 14.7. The number of carbonyl (C=O) groups is 2. The van der Waals surface area contributed by atoms with Gasteiger partial charge in [0.05, 0.1) is 41.5 Å². The molecule has 0 aliphatic carbocycles. The van der Waals surface area contributed by atoms with Crippen LogP contribution in [-0.4, -0.2) is 58.0 Å². The molecule has 0 radical (unpaired) electrons. The number of ether oxygens (including phenoxy) is 2. The molecule has 1 fully saturated rings. The zero-order valence-electron chi connectivity index (χ0n) is 17.0. The molecule has 11 heteroatoms. The summed E-state index contributed by atoms with van der Waals surface area (Å²) in [6.45, 7) is 2.48. The van der Waals surface area contributed by atoms with Crippen molar-refractivity contribution in [2.75, 3.05) is 44.0 Å². The molecule has 0 bridgehead atoms. The predicted octanol–water partition coefficient (Wildman–Crippen LogP) is 2.58. The van der Waals surface area contributed by atoms with Crippen LogP contribution in [0.25, 0.3) is 0 Å². The molecule has 1 aliphatic heterocycles. The smallest absolute Gasteiger partial charge is 0.259 e. The maximum absolute atomic E-state index is 12.9. The highest BCUT2D eigenvalue weighted by Crippen LogP contribution is 2.29. The number of hydrogen-bond donors (Lipinski definition) is 2. The van der Waals surface area contributed by atoms with Gasteiger partial charge in [-0.2, -0.15) is 4.31 Å². The SMILES string of the molecule is COc1ccc(S(=O)(=O)N2CCOCC2)cc1C(=O)Nc1ccc(NC(C)=O)cc1Cl. The summed E-state index contributed by atoms with van der Waals surface area (Å²) in [6, 6.07) is 8.72. The number of amides is 2. The highest BCUT2D eigenvalue weighted by molar-refractivity contribution is 7.89. The van der Waals surface area contributed by atoms with E-state index in [2.05, 4.69) is 10.6 Å². The van der Waals surface area contributed by atoms with Crippen molar-refractivity contribution in [3.8, 4) is 5.75 Å². The first kappa shape index (κ1) is 23.0.